The average Bonchev–Trinajstić information content (AvgIpc) is 2.60. The number of nitrogens with one attached hydrogen (secondary N) is 3. The molecule has 0 spiro atoms. The van der Waals surface area contributed by atoms with Gasteiger partial charge in [-0.15, -0.1) is 0 Å². The number of carbonyl (C=O) groups excluding carboxylic acids is 4. The van der Waals surface area contributed by atoms with Gasteiger partial charge in [-0.2, -0.15) is 12.6 Å². The maximum absolute atomic E-state index is 12.3. The topological polar surface area (TPSA) is 234 Å². The molecule has 0 radical (unpaired) electrons. The van der Waals surface area contributed by atoms with E-state index in [1.54, 1.807) is 0 Å². The lowest BCUT2D eigenvalue weighted by Crippen LogP contribution is -2.60. The molecule has 5 unspecified atom stereocenters. The Balaban J connectivity index is 5.09. The maximum atomic E-state index is 12.3. The zero-order valence-electron chi connectivity index (χ0n) is 15.0. The van der Waals surface area contributed by atoms with Crippen molar-refractivity contribution in [1.29, 1.82) is 0 Å². The summed E-state index contributed by atoms with van der Waals surface area (Å²) in [6.45, 7) is 0.255. The molecule has 0 aliphatic carbocycles. The van der Waals surface area contributed by atoms with Crippen LogP contribution in [-0.4, -0.2) is 87.5 Å². The second-order valence-electron chi connectivity index (χ2n) is 5.83. The van der Waals surface area contributed by atoms with Crippen molar-refractivity contribution in [3.05, 3.63) is 0 Å². The molecule has 0 saturated carbocycles. The minimum absolute atomic E-state index is 0.219. The summed E-state index contributed by atoms with van der Waals surface area (Å²) in [5.41, 5.74) is 10.4. The van der Waals surface area contributed by atoms with Crippen LogP contribution >= 0.6 is 12.6 Å². The first-order chi connectivity index (χ1) is 12.9. The first kappa shape index (κ1) is 25.6. The molecular formula is C14H25N5O8S. The van der Waals surface area contributed by atoms with Gasteiger partial charge < -0.3 is 42.7 Å². The van der Waals surface area contributed by atoms with Crippen LogP contribution in [0.2, 0.25) is 0 Å². The third-order valence-electron chi connectivity index (χ3n) is 3.43. The summed E-state index contributed by atoms with van der Waals surface area (Å²) in [6.07, 6.45) is -1.89. The molecule has 13 nitrogen and oxygen atoms in total. The van der Waals surface area contributed by atoms with Gasteiger partial charge in [-0.25, -0.2) is 4.79 Å². The highest BCUT2D eigenvalue weighted by Gasteiger charge is 2.32. The van der Waals surface area contributed by atoms with Crippen LogP contribution in [-0.2, 0) is 24.0 Å². The largest absolute Gasteiger partial charge is 0.480 e. The van der Waals surface area contributed by atoms with Gasteiger partial charge >= 0.3 is 5.97 Å². The molecule has 160 valence electrons. The zero-order chi connectivity index (χ0) is 22.0. The van der Waals surface area contributed by atoms with E-state index in [1.165, 1.54) is 0 Å². The van der Waals surface area contributed by atoms with E-state index in [1.807, 2.05) is 5.32 Å². The summed E-state index contributed by atoms with van der Waals surface area (Å²) in [7, 11) is 0. The number of aliphatic hydroxyl groups excluding tert-OH is 2. The van der Waals surface area contributed by atoms with E-state index in [-0.39, 0.29) is 5.75 Å². The van der Waals surface area contributed by atoms with Gasteiger partial charge in [-0.1, -0.05) is 0 Å². The van der Waals surface area contributed by atoms with E-state index in [2.05, 4.69) is 23.3 Å². The number of aliphatic carboxylic acids is 1. The first-order valence-electron chi connectivity index (χ1n) is 8.02. The standard InChI is InChI=1S/C14H25N5O8S/c1-5(21)10(13(25)17-7(3-20)14(26)27)19-12(24)8(4-28)18-11(23)6(15)2-9(16)22/h5-8,10,20-21,28H,2-4,15H2,1H3,(H2,16,22)(H,17,25)(H,18,23)(H,19,24)(H,26,27). The molecule has 0 rings (SSSR count). The van der Waals surface area contributed by atoms with E-state index < -0.39 is 72.9 Å². The molecule has 0 aromatic rings. The molecule has 0 aliphatic rings. The summed E-state index contributed by atoms with van der Waals surface area (Å²) < 4.78 is 0. The number of thiol groups is 1. The summed E-state index contributed by atoms with van der Waals surface area (Å²) in [4.78, 5) is 58.0. The average molecular weight is 423 g/mol. The molecule has 0 fully saturated rings. The molecule has 0 bridgehead atoms. The molecule has 0 aromatic heterocycles. The number of amides is 4. The smallest absolute Gasteiger partial charge is 0.328 e. The predicted molar refractivity (Wildman–Crippen MR) is 97.8 cm³/mol. The molecule has 0 heterocycles. The normalized spacial score (nSPS) is 16.0. The molecule has 0 saturated heterocycles. The Hall–Kier alpha value is -2.42. The highest BCUT2D eigenvalue weighted by Crippen LogP contribution is 1.99. The second kappa shape index (κ2) is 12.1. The molecule has 28 heavy (non-hydrogen) atoms. The third kappa shape index (κ3) is 8.51. The van der Waals surface area contributed by atoms with Gasteiger partial charge in [0.1, 0.15) is 18.1 Å². The highest BCUT2D eigenvalue weighted by atomic mass is 32.1. The fourth-order valence-electron chi connectivity index (χ4n) is 1.89. The van der Waals surface area contributed by atoms with Gasteiger partial charge in [0.2, 0.25) is 23.6 Å². The van der Waals surface area contributed by atoms with E-state index in [0.29, 0.717) is 0 Å². The number of primary amides is 1. The third-order valence-corrected chi connectivity index (χ3v) is 3.80. The fourth-order valence-corrected chi connectivity index (χ4v) is 2.15. The van der Waals surface area contributed by atoms with Gasteiger partial charge in [0.05, 0.1) is 25.2 Å². The Bertz CT molecular complexity index is 602. The Morgan fingerprint density at radius 2 is 1.54 bits per heavy atom. The molecule has 10 N–H and O–H groups in total. The van der Waals surface area contributed by atoms with Crippen molar-refractivity contribution in [2.45, 2.75) is 43.6 Å². The predicted octanol–water partition coefficient (Wildman–Crippen LogP) is -4.97. The molecule has 0 aliphatic heterocycles. The number of nitrogens with two attached hydrogens (primary N) is 2. The molecule has 14 heteroatoms. The number of rotatable bonds is 12. The van der Waals surface area contributed by atoms with E-state index in [4.69, 9.17) is 21.7 Å². The number of carbonyl (C=O) groups is 5. The van der Waals surface area contributed by atoms with Gasteiger partial charge in [0.25, 0.3) is 0 Å². The number of carboxylic acid groups (broad SMARTS) is 1. The monoisotopic (exact) mass is 423 g/mol. The quantitative estimate of drug-likeness (QED) is 0.136. The van der Waals surface area contributed by atoms with E-state index in [9.17, 15) is 29.1 Å². The molecule has 0 aromatic carbocycles. The number of hydrogen-bond acceptors (Lipinski definition) is 9. The first-order valence-corrected chi connectivity index (χ1v) is 8.65. The van der Waals surface area contributed by atoms with Crippen molar-refractivity contribution in [3.63, 3.8) is 0 Å². The Labute approximate surface area is 165 Å². The summed E-state index contributed by atoms with van der Waals surface area (Å²) in [5, 5.41) is 33.8. The molecule has 4 amide bonds. The fraction of sp³-hybridized carbons (Fsp3) is 0.643. The van der Waals surface area contributed by atoms with Crippen molar-refractivity contribution in [3.8, 4) is 0 Å². The highest BCUT2D eigenvalue weighted by molar-refractivity contribution is 7.80. The zero-order valence-corrected chi connectivity index (χ0v) is 15.9. The Morgan fingerprint density at radius 3 is 1.93 bits per heavy atom. The maximum Gasteiger partial charge on any atom is 0.328 e. The van der Waals surface area contributed by atoms with Crippen LogP contribution < -0.4 is 27.4 Å². The SMILES string of the molecule is CC(O)C(NC(=O)C(CS)NC(=O)C(N)CC(N)=O)C(=O)NC(CO)C(=O)O. The van der Waals surface area contributed by atoms with Crippen LogP contribution in [0.3, 0.4) is 0 Å². The van der Waals surface area contributed by atoms with Crippen LogP contribution in [0, 0.1) is 0 Å². The van der Waals surface area contributed by atoms with Gasteiger partial charge in [0.15, 0.2) is 0 Å². The number of aliphatic hydroxyl groups is 2. The number of hydrogen-bond donors (Lipinski definition) is 9. The van der Waals surface area contributed by atoms with Gasteiger partial charge in [-0.05, 0) is 6.92 Å². The molecule has 5 atom stereocenters. The summed E-state index contributed by atoms with van der Waals surface area (Å²) >= 11 is 3.91. The minimum atomic E-state index is -1.64. The van der Waals surface area contributed by atoms with Crippen LogP contribution in [0.5, 0.6) is 0 Å². The minimum Gasteiger partial charge on any atom is -0.480 e. The van der Waals surface area contributed by atoms with Crippen LogP contribution in [0.25, 0.3) is 0 Å². The second-order valence-corrected chi connectivity index (χ2v) is 6.19. The van der Waals surface area contributed by atoms with E-state index in [0.717, 1.165) is 6.92 Å². The van der Waals surface area contributed by atoms with E-state index >= 15 is 0 Å². The van der Waals surface area contributed by atoms with Crippen LogP contribution in [0.4, 0.5) is 0 Å². The molecular weight excluding hydrogens is 398 g/mol. The lowest BCUT2D eigenvalue weighted by atomic mass is 10.1. The van der Waals surface area contributed by atoms with Gasteiger partial charge in [0, 0.05) is 5.75 Å². The van der Waals surface area contributed by atoms with Crippen molar-refractivity contribution in [2.75, 3.05) is 12.4 Å². The van der Waals surface area contributed by atoms with Crippen LogP contribution in [0.15, 0.2) is 0 Å². The lowest BCUT2D eigenvalue weighted by Gasteiger charge is -2.25. The van der Waals surface area contributed by atoms with Gasteiger partial charge in [-0.3, -0.25) is 19.2 Å². The van der Waals surface area contributed by atoms with Crippen LogP contribution in [0.1, 0.15) is 13.3 Å². The summed E-state index contributed by atoms with van der Waals surface area (Å²) in [6, 6.07) is -5.81. The van der Waals surface area contributed by atoms with Crippen molar-refractivity contribution in [1.82, 2.24) is 16.0 Å². The number of carboxylic acids is 1. The van der Waals surface area contributed by atoms with Crippen molar-refractivity contribution >= 4 is 42.2 Å². The lowest BCUT2D eigenvalue weighted by molar-refractivity contribution is -0.144. The Morgan fingerprint density at radius 1 is 1.00 bits per heavy atom. The van der Waals surface area contributed by atoms with Crippen molar-refractivity contribution in [2.24, 2.45) is 11.5 Å². The Kier molecular flexibility index (Phi) is 11.1. The summed E-state index contributed by atoms with van der Waals surface area (Å²) in [5.74, 6) is -5.42. The van der Waals surface area contributed by atoms with Crippen molar-refractivity contribution < 1.29 is 39.3 Å².